The third-order valence-corrected chi connectivity index (χ3v) is 2.36. The Balaban J connectivity index is 0.000000720. The first-order chi connectivity index (χ1) is 5.36. The molecule has 1 atom stereocenters. The maximum absolute atomic E-state index is 4.29. The van der Waals surface area contributed by atoms with Crippen molar-refractivity contribution in [2.75, 3.05) is 6.54 Å². The summed E-state index contributed by atoms with van der Waals surface area (Å²) in [4.78, 5) is 7.42. The van der Waals surface area contributed by atoms with Gasteiger partial charge in [0.15, 0.2) is 0 Å². The lowest BCUT2D eigenvalue weighted by atomic mass is 10.2. The number of nitrogens with zero attached hydrogens (tertiary/aromatic N) is 1. The van der Waals surface area contributed by atoms with E-state index in [2.05, 4.69) is 31.2 Å². The molecule has 0 bridgehead atoms. The summed E-state index contributed by atoms with van der Waals surface area (Å²) in [5.74, 6) is 1.05. The highest BCUT2D eigenvalue weighted by Crippen LogP contribution is 2.21. The number of aromatic amines is 1. The first kappa shape index (κ1) is 10.0. The van der Waals surface area contributed by atoms with Crippen molar-refractivity contribution in [3.05, 3.63) is 16.6 Å². The van der Waals surface area contributed by atoms with Crippen molar-refractivity contribution in [2.24, 2.45) is 0 Å². The molecule has 1 fully saturated rings. The molecule has 5 heteroatoms. The normalized spacial score (nSPS) is 22.2. The van der Waals surface area contributed by atoms with Gasteiger partial charge in [0, 0.05) is 6.20 Å². The molecule has 1 aromatic rings. The molecule has 1 saturated heterocycles. The van der Waals surface area contributed by atoms with E-state index >= 15 is 0 Å². The molecule has 2 heterocycles. The van der Waals surface area contributed by atoms with Gasteiger partial charge in [-0.1, -0.05) is 0 Å². The van der Waals surface area contributed by atoms with Gasteiger partial charge in [0.1, 0.15) is 10.4 Å². The second kappa shape index (κ2) is 4.25. The number of nitrogens with one attached hydrogen (secondary N) is 2. The molecule has 0 saturated carbocycles. The van der Waals surface area contributed by atoms with E-state index in [1.165, 1.54) is 12.8 Å². The number of hydrogen-bond donors (Lipinski definition) is 2. The minimum Gasteiger partial charge on any atom is -0.346 e. The van der Waals surface area contributed by atoms with Gasteiger partial charge in [-0.15, -0.1) is 12.4 Å². The van der Waals surface area contributed by atoms with E-state index < -0.39 is 0 Å². The Morgan fingerprint density at radius 2 is 2.42 bits per heavy atom. The molecular formula is C7H11BrClN3. The molecule has 0 spiro atoms. The third kappa shape index (κ3) is 2.00. The van der Waals surface area contributed by atoms with Crippen LogP contribution >= 0.6 is 28.3 Å². The average molecular weight is 253 g/mol. The van der Waals surface area contributed by atoms with Crippen LogP contribution in [0, 0.1) is 0 Å². The van der Waals surface area contributed by atoms with Crippen molar-refractivity contribution >= 4 is 28.3 Å². The summed E-state index contributed by atoms with van der Waals surface area (Å²) in [5, 5.41) is 3.37. The van der Waals surface area contributed by atoms with E-state index in [-0.39, 0.29) is 12.4 Å². The molecule has 1 aromatic heterocycles. The SMILES string of the molecule is Brc1c[nH]c([C@@H]2CCCN2)n1.Cl. The molecule has 68 valence electrons. The highest BCUT2D eigenvalue weighted by Gasteiger charge is 2.18. The van der Waals surface area contributed by atoms with Crippen LogP contribution in [-0.2, 0) is 0 Å². The summed E-state index contributed by atoms with van der Waals surface area (Å²) in [5.41, 5.74) is 0. The number of hydrogen-bond acceptors (Lipinski definition) is 2. The average Bonchev–Trinajstić information content (AvgIpc) is 2.55. The maximum Gasteiger partial charge on any atom is 0.124 e. The number of aromatic nitrogens is 2. The van der Waals surface area contributed by atoms with Gasteiger partial charge in [0.2, 0.25) is 0 Å². The number of halogens is 2. The molecule has 0 unspecified atom stereocenters. The third-order valence-electron chi connectivity index (χ3n) is 1.96. The van der Waals surface area contributed by atoms with Crippen LogP contribution in [0.2, 0.25) is 0 Å². The van der Waals surface area contributed by atoms with Crippen molar-refractivity contribution in [3.8, 4) is 0 Å². The lowest BCUT2D eigenvalue weighted by molar-refractivity contribution is 0.612. The van der Waals surface area contributed by atoms with Gasteiger partial charge in [-0.25, -0.2) is 4.98 Å². The van der Waals surface area contributed by atoms with Crippen molar-refractivity contribution in [2.45, 2.75) is 18.9 Å². The fraction of sp³-hybridized carbons (Fsp3) is 0.571. The zero-order chi connectivity index (χ0) is 7.68. The predicted octanol–water partition coefficient (Wildman–Crippen LogP) is 2.02. The molecule has 0 amide bonds. The summed E-state index contributed by atoms with van der Waals surface area (Å²) >= 11 is 3.31. The Bertz CT molecular complexity index is 245. The molecule has 0 aliphatic carbocycles. The van der Waals surface area contributed by atoms with E-state index in [9.17, 15) is 0 Å². The quantitative estimate of drug-likeness (QED) is 0.803. The monoisotopic (exact) mass is 251 g/mol. The summed E-state index contributed by atoms with van der Waals surface area (Å²) < 4.78 is 0.890. The van der Waals surface area contributed by atoms with Crippen molar-refractivity contribution in [1.29, 1.82) is 0 Å². The van der Waals surface area contributed by atoms with Crippen LogP contribution < -0.4 is 5.32 Å². The van der Waals surface area contributed by atoms with Crippen LogP contribution in [0.25, 0.3) is 0 Å². The Kier molecular flexibility index (Phi) is 3.55. The molecule has 2 N–H and O–H groups in total. The van der Waals surface area contributed by atoms with Gasteiger partial charge in [-0.05, 0) is 35.3 Å². The molecule has 12 heavy (non-hydrogen) atoms. The fourth-order valence-corrected chi connectivity index (χ4v) is 1.72. The van der Waals surface area contributed by atoms with E-state index in [1.54, 1.807) is 0 Å². The Hall–Kier alpha value is -0.0600. The molecule has 2 rings (SSSR count). The Morgan fingerprint density at radius 3 is 2.92 bits per heavy atom. The van der Waals surface area contributed by atoms with Crippen LogP contribution in [0.3, 0.4) is 0 Å². The minimum atomic E-state index is 0. The van der Waals surface area contributed by atoms with Gasteiger partial charge in [0.05, 0.1) is 6.04 Å². The van der Waals surface area contributed by atoms with E-state index in [4.69, 9.17) is 0 Å². The van der Waals surface area contributed by atoms with Gasteiger partial charge in [-0.2, -0.15) is 0 Å². The standard InChI is InChI=1S/C7H10BrN3.ClH/c8-6-4-10-7(11-6)5-2-1-3-9-5;/h4-5,9H,1-3H2,(H,10,11);1H/t5-;/m0./s1. The molecule has 1 aliphatic heterocycles. The van der Waals surface area contributed by atoms with Crippen LogP contribution in [0.1, 0.15) is 24.7 Å². The van der Waals surface area contributed by atoms with Crippen LogP contribution in [0.5, 0.6) is 0 Å². The van der Waals surface area contributed by atoms with Crippen LogP contribution in [0.4, 0.5) is 0 Å². The zero-order valence-electron chi connectivity index (χ0n) is 6.51. The second-order valence-electron chi connectivity index (χ2n) is 2.76. The van der Waals surface area contributed by atoms with Gasteiger partial charge in [0.25, 0.3) is 0 Å². The van der Waals surface area contributed by atoms with Crippen molar-refractivity contribution in [1.82, 2.24) is 15.3 Å². The lowest BCUT2D eigenvalue weighted by Gasteiger charge is -2.04. The largest absolute Gasteiger partial charge is 0.346 e. The topological polar surface area (TPSA) is 40.7 Å². The van der Waals surface area contributed by atoms with Gasteiger partial charge in [-0.3, -0.25) is 0 Å². The maximum atomic E-state index is 4.29. The van der Waals surface area contributed by atoms with Gasteiger partial charge < -0.3 is 10.3 Å². The molecular weight excluding hydrogens is 241 g/mol. The summed E-state index contributed by atoms with van der Waals surface area (Å²) in [6.45, 7) is 1.11. The molecule has 0 radical (unpaired) electrons. The van der Waals surface area contributed by atoms with Crippen LogP contribution in [0.15, 0.2) is 10.8 Å². The Morgan fingerprint density at radius 1 is 1.58 bits per heavy atom. The minimum absolute atomic E-state index is 0. The summed E-state index contributed by atoms with van der Waals surface area (Å²) in [7, 11) is 0. The van der Waals surface area contributed by atoms with Crippen molar-refractivity contribution in [3.63, 3.8) is 0 Å². The number of rotatable bonds is 1. The predicted molar refractivity (Wildman–Crippen MR) is 53.5 cm³/mol. The zero-order valence-corrected chi connectivity index (χ0v) is 8.91. The smallest absolute Gasteiger partial charge is 0.124 e. The molecule has 1 aliphatic rings. The fourth-order valence-electron chi connectivity index (χ4n) is 1.41. The number of imidazole rings is 1. The van der Waals surface area contributed by atoms with E-state index in [0.29, 0.717) is 6.04 Å². The van der Waals surface area contributed by atoms with E-state index in [1.807, 2.05) is 6.20 Å². The summed E-state index contributed by atoms with van der Waals surface area (Å²) in [6, 6.07) is 0.446. The van der Waals surface area contributed by atoms with Gasteiger partial charge >= 0.3 is 0 Å². The van der Waals surface area contributed by atoms with Crippen molar-refractivity contribution < 1.29 is 0 Å². The molecule has 0 aromatic carbocycles. The highest BCUT2D eigenvalue weighted by atomic mass is 79.9. The first-order valence-corrected chi connectivity index (χ1v) is 4.60. The van der Waals surface area contributed by atoms with E-state index in [0.717, 1.165) is 17.0 Å². The first-order valence-electron chi connectivity index (χ1n) is 3.80. The highest BCUT2D eigenvalue weighted by molar-refractivity contribution is 9.10. The Labute approximate surface area is 85.9 Å². The lowest BCUT2D eigenvalue weighted by Crippen LogP contribution is -2.13. The molecule has 3 nitrogen and oxygen atoms in total. The summed E-state index contributed by atoms with van der Waals surface area (Å²) in [6.07, 6.45) is 4.32. The number of H-pyrrole nitrogens is 1. The van der Waals surface area contributed by atoms with Crippen LogP contribution in [-0.4, -0.2) is 16.5 Å². The second-order valence-corrected chi connectivity index (χ2v) is 3.57.